The largest absolute Gasteiger partial charge is 0.452 e. The summed E-state index contributed by atoms with van der Waals surface area (Å²) in [6, 6.07) is 59.8. The van der Waals surface area contributed by atoms with E-state index in [1.54, 1.807) is 0 Å². The molecule has 0 N–H and O–H groups in total. The maximum absolute atomic E-state index is 6.40. The van der Waals surface area contributed by atoms with Crippen LogP contribution in [-0.4, -0.2) is 9.55 Å². The van der Waals surface area contributed by atoms with Crippen molar-refractivity contribution in [2.24, 2.45) is 0 Å². The highest BCUT2D eigenvalue weighted by Crippen LogP contribution is 2.40. The first-order chi connectivity index (χ1) is 25.2. The van der Waals surface area contributed by atoms with Crippen molar-refractivity contribution in [2.75, 3.05) is 0 Å². The summed E-state index contributed by atoms with van der Waals surface area (Å²) in [6.07, 6.45) is 0. The first kappa shape index (κ1) is 28.0. The number of benzene rings is 8. The summed E-state index contributed by atoms with van der Waals surface area (Å²) in [5, 5.41) is 6.66. The van der Waals surface area contributed by atoms with E-state index in [-0.39, 0.29) is 0 Å². The Bertz CT molecular complexity index is 3130. The van der Waals surface area contributed by atoms with Crippen LogP contribution in [0, 0.1) is 0 Å². The van der Waals surface area contributed by atoms with E-state index in [9.17, 15) is 0 Å². The van der Waals surface area contributed by atoms with E-state index in [2.05, 4.69) is 144 Å². The Kier molecular flexibility index (Phi) is 5.92. The normalized spacial score (nSPS) is 11.9. The summed E-state index contributed by atoms with van der Waals surface area (Å²) in [6.45, 7) is 0. The smallest absolute Gasteiger partial charge is 0.178 e. The summed E-state index contributed by atoms with van der Waals surface area (Å²) in [5.74, 6) is 0.923. The lowest BCUT2D eigenvalue weighted by atomic mass is 9.99. The maximum Gasteiger partial charge on any atom is 0.178 e. The number of aromatic nitrogens is 2. The van der Waals surface area contributed by atoms with Gasteiger partial charge in [-0.2, -0.15) is 0 Å². The van der Waals surface area contributed by atoms with E-state index in [4.69, 9.17) is 13.8 Å². The summed E-state index contributed by atoms with van der Waals surface area (Å²) >= 11 is 0. The third-order valence-electron chi connectivity index (χ3n) is 10.2. The fraction of sp³-hybridized carbons (Fsp3) is 0. The lowest BCUT2D eigenvalue weighted by Crippen LogP contribution is -1.97. The minimum absolute atomic E-state index is 0.792. The average Bonchev–Trinajstić information content (AvgIpc) is 3.89. The van der Waals surface area contributed by atoms with E-state index in [0.717, 1.165) is 83.1 Å². The molecule has 0 spiro atoms. The number of fused-ring (bicyclic) bond motifs is 9. The molecular weight excluding hydrogens is 625 g/mol. The first-order valence-corrected chi connectivity index (χ1v) is 17.2. The molecule has 0 aliphatic rings. The molecule has 0 saturated heterocycles. The Labute approximate surface area is 292 Å². The predicted octanol–water partition coefficient (Wildman–Crippen LogP) is 13.0. The second-order valence-corrected chi connectivity index (χ2v) is 13.2. The van der Waals surface area contributed by atoms with Gasteiger partial charge >= 0.3 is 0 Å². The number of para-hydroxylation sites is 3. The van der Waals surface area contributed by atoms with Crippen LogP contribution in [0.2, 0.25) is 0 Å². The zero-order valence-electron chi connectivity index (χ0n) is 27.4. The Morgan fingerprint density at radius 3 is 1.86 bits per heavy atom. The van der Waals surface area contributed by atoms with Gasteiger partial charge in [-0.05, 0) is 93.7 Å². The topological polar surface area (TPSA) is 44.1 Å². The lowest BCUT2D eigenvalue weighted by molar-refractivity contribution is 0.633. The number of hydrogen-bond acceptors (Lipinski definition) is 3. The van der Waals surface area contributed by atoms with Gasteiger partial charge in [0.15, 0.2) is 11.2 Å². The molecule has 0 atom stereocenters. The highest BCUT2D eigenvalue weighted by atomic mass is 16.4. The van der Waals surface area contributed by atoms with Crippen LogP contribution in [0.15, 0.2) is 179 Å². The molecule has 238 valence electrons. The van der Waals surface area contributed by atoms with Crippen molar-refractivity contribution in [1.29, 1.82) is 0 Å². The molecule has 0 fully saturated rings. The third-order valence-corrected chi connectivity index (χ3v) is 10.2. The fourth-order valence-corrected chi connectivity index (χ4v) is 7.67. The lowest BCUT2D eigenvalue weighted by Gasteiger charge is -2.12. The molecule has 4 heteroatoms. The average molecular weight is 653 g/mol. The van der Waals surface area contributed by atoms with Crippen LogP contribution in [0.5, 0.6) is 0 Å². The summed E-state index contributed by atoms with van der Waals surface area (Å²) < 4.78 is 14.9. The quantitative estimate of drug-likeness (QED) is 0.190. The van der Waals surface area contributed by atoms with Crippen LogP contribution in [0.4, 0.5) is 0 Å². The zero-order chi connectivity index (χ0) is 33.5. The molecule has 3 aromatic heterocycles. The summed E-state index contributed by atoms with van der Waals surface area (Å²) in [5.41, 5.74) is 12.2. The molecule has 0 bridgehead atoms. The van der Waals surface area contributed by atoms with Crippen molar-refractivity contribution in [3.8, 4) is 39.3 Å². The van der Waals surface area contributed by atoms with Gasteiger partial charge in [0.2, 0.25) is 0 Å². The van der Waals surface area contributed by atoms with Gasteiger partial charge in [0.05, 0.1) is 11.0 Å². The van der Waals surface area contributed by atoms with E-state index in [0.29, 0.717) is 0 Å². The van der Waals surface area contributed by atoms with Crippen molar-refractivity contribution in [2.45, 2.75) is 0 Å². The van der Waals surface area contributed by atoms with E-state index >= 15 is 0 Å². The molecule has 4 nitrogen and oxygen atoms in total. The minimum atomic E-state index is 0.792. The van der Waals surface area contributed by atoms with E-state index in [1.165, 1.54) is 21.9 Å². The minimum Gasteiger partial charge on any atom is -0.452 e. The highest BCUT2D eigenvalue weighted by Gasteiger charge is 2.18. The number of rotatable bonds is 4. The molecule has 0 saturated carbocycles. The zero-order valence-corrected chi connectivity index (χ0v) is 27.4. The van der Waals surface area contributed by atoms with Crippen LogP contribution >= 0.6 is 0 Å². The van der Waals surface area contributed by atoms with Crippen LogP contribution in [0.25, 0.3) is 105 Å². The Morgan fingerprint density at radius 2 is 1.00 bits per heavy atom. The second-order valence-electron chi connectivity index (χ2n) is 13.2. The van der Waals surface area contributed by atoms with E-state index < -0.39 is 0 Å². The van der Waals surface area contributed by atoms with Gasteiger partial charge in [-0.1, -0.05) is 109 Å². The van der Waals surface area contributed by atoms with Gasteiger partial charge in [-0.25, -0.2) is 4.98 Å². The van der Waals surface area contributed by atoms with Crippen molar-refractivity contribution >= 4 is 65.7 Å². The first-order valence-electron chi connectivity index (χ1n) is 17.2. The maximum atomic E-state index is 6.40. The fourth-order valence-electron chi connectivity index (χ4n) is 7.67. The van der Waals surface area contributed by atoms with Crippen LogP contribution in [-0.2, 0) is 0 Å². The van der Waals surface area contributed by atoms with Crippen molar-refractivity contribution < 1.29 is 8.83 Å². The third kappa shape index (κ3) is 4.37. The number of nitrogens with zero attached hydrogens (tertiary/aromatic N) is 2. The molecule has 0 aliphatic carbocycles. The van der Waals surface area contributed by atoms with Crippen LogP contribution in [0.3, 0.4) is 0 Å². The molecule has 0 aliphatic heterocycles. The van der Waals surface area contributed by atoms with Gasteiger partial charge in [0.25, 0.3) is 0 Å². The monoisotopic (exact) mass is 652 g/mol. The van der Waals surface area contributed by atoms with Crippen LogP contribution in [0.1, 0.15) is 0 Å². The Balaban J connectivity index is 0.987. The molecule has 8 aromatic carbocycles. The molecule has 0 unspecified atom stereocenters. The van der Waals surface area contributed by atoms with Crippen molar-refractivity contribution in [3.63, 3.8) is 0 Å². The molecular formula is C47H28N2O2. The Hall–Kier alpha value is -6.91. The number of imidazole rings is 1. The highest BCUT2D eigenvalue weighted by molar-refractivity contribution is 6.19. The molecule has 3 heterocycles. The SMILES string of the molecule is c1ccc(-c2ccc(-c3nc4ccccc4n3-c3ccc4cc(-c5ccc6oc7c(ccc8c9ccccc9oc87)c6c5)ccc4c3)cc2)cc1. The van der Waals surface area contributed by atoms with Gasteiger partial charge in [-0.3, -0.25) is 4.57 Å². The van der Waals surface area contributed by atoms with Crippen molar-refractivity contribution in [1.82, 2.24) is 9.55 Å². The molecule has 11 rings (SSSR count). The Morgan fingerprint density at radius 1 is 0.392 bits per heavy atom. The van der Waals surface area contributed by atoms with Gasteiger partial charge in [-0.15, -0.1) is 0 Å². The van der Waals surface area contributed by atoms with Gasteiger partial charge in [0, 0.05) is 32.8 Å². The number of furan rings is 2. The summed E-state index contributed by atoms with van der Waals surface area (Å²) in [7, 11) is 0. The van der Waals surface area contributed by atoms with Gasteiger partial charge < -0.3 is 8.83 Å². The number of hydrogen-bond donors (Lipinski definition) is 0. The second kappa shape index (κ2) is 10.8. The molecule has 0 radical (unpaired) electrons. The van der Waals surface area contributed by atoms with E-state index in [1.807, 2.05) is 30.3 Å². The van der Waals surface area contributed by atoms with Gasteiger partial charge in [0.1, 0.15) is 17.0 Å². The van der Waals surface area contributed by atoms with Crippen LogP contribution < -0.4 is 0 Å². The van der Waals surface area contributed by atoms with Crippen molar-refractivity contribution in [3.05, 3.63) is 170 Å². The molecule has 0 amide bonds. The predicted molar refractivity (Wildman–Crippen MR) is 209 cm³/mol. The molecule has 51 heavy (non-hydrogen) atoms. The standard InChI is InChI=1S/C47H28N2O2/c1-2-8-29(9-3-1)30-14-16-31(17-15-30)47-48-41-11-5-6-12-42(41)49(47)36-22-20-33-26-32(18-19-34(33)27-36)35-21-25-44-40(28-35)39-24-23-38-37-10-4-7-13-43(37)50-45(38)46(39)51-44/h1-28H. The summed E-state index contributed by atoms with van der Waals surface area (Å²) in [4.78, 5) is 5.11. The molecule has 11 aromatic rings.